The van der Waals surface area contributed by atoms with Gasteiger partial charge in [0.05, 0.1) is 13.2 Å². The monoisotopic (exact) mass is 556 g/mol. The number of rotatable bonds is 6. The summed E-state index contributed by atoms with van der Waals surface area (Å²) in [5.74, 6) is 8.55. The van der Waals surface area contributed by atoms with Crippen molar-refractivity contribution in [3.05, 3.63) is 75.2 Å². The largest absolute Gasteiger partial charge is 0.496 e. The zero-order chi connectivity index (χ0) is 28.1. The van der Waals surface area contributed by atoms with Crippen molar-refractivity contribution in [3.8, 4) is 17.6 Å². The third kappa shape index (κ3) is 6.95. The molecule has 2 aliphatic carbocycles. The Labute approximate surface area is 242 Å². The minimum Gasteiger partial charge on any atom is -0.496 e. The standard InChI is InChI=1S/C34H40N2O3S/c1-23-19-29(14-17-32(23)39-3)27-10-7-26(8-11-27)22-36(34(38)28-12-15-31(37)16-13-28)30-6-4-5-25(20-30)9-18-33-35-21-24(2)40-33/h4-6,14,17,19-21,26-28,31,37H,7-8,10-13,15-16,22H2,1-3H3. The second kappa shape index (κ2) is 13.0. The summed E-state index contributed by atoms with van der Waals surface area (Å²) in [6.07, 6.45) is 8.95. The molecular weight excluding hydrogens is 516 g/mol. The maximum Gasteiger partial charge on any atom is 0.230 e. The summed E-state index contributed by atoms with van der Waals surface area (Å²) in [7, 11) is 1.72. The number of anilines is 1. The summed E-state index contributed by atoms with van der Waals surface area (Å²) < 4.78 is 5.45. The van der Waals surface area contributed by atoms with E-state index < -0.39 is 0 Å². The minimum absolute atomic E-state index is 0.0324. The molecule has 5 nitrogen and oxygen atoms in total. The summed E-state index contributed by atoms with van der Waals surface area (Å²) in [4.78, 5) is 21.5. The first-order valence-corrected chi connectivity index (χ1v) is 15.4. The van der Waals surface area contributed by atoms with E-state index in [2.05, 4.69) is 48.0 Å². The minimum atomic E-state index is -0.275. The maximum atomic E-state index is 13.9. The van der Waals surface area contributed by atoms with Gasteiger partial charge in [-0.15, -0.1) is 11.3 Å². The summed E-state index contributed by atoms with van der Waals surface area (Å²) in [6.45, 7) is 4.87. The van der Waals surface area contributed by atoms with Crippen LogP contribution in [0.25, 0.3) is 0 Å². The number of hydrogen-bond donors (Lipinski definition) is 1. The first-order chi connectivity index (χ1) is 19.4. The van der Waals surface area contributed by atoms with Crippen LogP contribution in [0.1, 0.15) is 83.9 Å². The lowest BCUT2D eigenvalue weighted by Gasteiger charge is -2.36. The van der Waals surface area contributed by atoms with Crippen molar-refractivity contribution in [1.82, 2.24) is 4.98 Å². The molecular formula is C34H40N2O3S. The zero-order valence-corrected chi connectivity index (χ0v) is 24.7. The number of benzene rings is 2. The number of carbonyl (C=O) groups excluding carboxylic acids is 1. The van der Waals surface area contributed by atoms with Crippen molar-refractivity contribution in [2.24, 2.45) is 11.8 Å². The molecule has 0 atom stereocenters. The SMILES string of the molecule is COc1ccc(C2CCC(CN(C(=O)C3CCC(O)CC3)c3cccc(C#Cc4ncc(C)s4)c3)CC2)cc1C. The van der Waals surface area contributed by atoms with Gasteiger partial charge in [0.2, 0.25) is 5.91 Å². The highest BCUT2D eigenvalue weighted by atomic mass is 32.1. The Morgan fingerprint density at radius 3 is 2.48 bits per heavy atom. The topological polar surface area (TPSA) is 62.7 Å². The predicted molar refractivity (Wildman–Crippen MR) is 162 cm³/mol. The first-order valence-electron chi connectivity index (χ1n) is 14.6. The molecule has 0 aliphatic heterocycles. The second-order valence-corrected chi connectivity index (χ2v) is 12.7. The van der Waals surface area contributed by atoms with Crippen LogP contribution >= 0.6 is 11.3 Å². The van der Waals surface area contributed by atoms with Gasteiger partial charge in [0, 0.05) is 34.8 Å². The molecule has 0 saturated heterocycles. The summed E-state index contributed by atoms with van der Waals surface area (Å²) in [6, 6.07) is 14.7. The number of nitrogens with zero attached hydrogens (tertiary/aromatic N) is 2. The Kier molecular flexibility index (Phi) is 9.24. The summed E-state index contributed by atoms with van der Waals surface area (Å²) >= 11 is 1.59. The van der Waals surface area contributed by atoms with Gasteiger partial charge < -0.3 is 14.7 Å². The molecule has 1 heterocycles. The number of thiazole rings is 1. The maximum absolute atomic E-state index is 13.9. The van der Waals surface area contributed by atoms with Crippen LogP contribution in [0.3, 0.4) is 0 Å². The number of aliphatic hydroxyl groups is 1. The fourth-order valence-corrected chi connectivity index (χ4v) is 6.87. The highest BCUT2D eigenvalue weighted by Gasteiger charge is 2.32. The van der Waals surface area contributed by atoms with Gasteiger partial charge in [0.1, 0.15) is 5.75 Å². The van der Waals surface area contributed by atoms with Gasteiger partial charge in [-0.25, -0.2) is 4.98 Å². The van der Waals surface area contributed by atoms with E-state index in [0.717, 1.165) is 72.0 Å². The predicted octanol–water partition coefficient (Wildman–Crippen LogP) is 7.03. The molecule has 1 amide bonds. The van der Waals surface area contributed by atoms with Crippen molar-refractivity contribution < 1.29 is 14.6 Å². The van der Waals surface area contributed by atoms with Gasteiger partial charge in [0.25, 0.3) is 0 Å². The molecule has 3 aromatic rings. The average molecular weight is 557 g/mol. The van der Waals surface area contributed by atoms with Crippen LogP contribution in [0.5, 0.6) is 5.75 Å². The van der Waals surface area contributed by atoms with Crippen molar-refractivity contribution in [2.75, 3.05) is 18.6 Å². The van der Waals surface area contributed by atoms with Gasteiger partial charge in [-0.1, -0.05) is 24.1 Å². The van der Waals surface area contributed by atoms with E-state index in [1.54, 1.807) is 18.4 Å². The number of aliphatic hydroxyl groups excluding tert-OH is 1. The van der Waals surface area contributed by atoms with Crippen LogP contribution in [-0.4, -0.2) is 35.8 Å². The molecule has 1 aromatic heterocycles. The number of aryl methyl sites for hydroxylation is 2. The van der Waals surface area contributed by atoms with Gasteiger partial charge in [0.15, 0.2) is 5.01 Å². The Hall–Kier alpha value is -3.14. The quantitative estimate of drug-likeness (QED) is 0.331. The first kappa shape index (κ1) is 28.4. The molecule has 2 fully saturated rings. The van der Waals surface area contributed by atoms with Crippen molar-refractivity contribution in [3.63, 3.8) is 0 Å². The number of amides is 1. The molecule has 1 N–H and O–H groups in total. The number of hydrogen-bond acceptors (Lipinski definition) is 5. The molecule has 0 unspecified atom stereocenters. The molecule has 0 radical (unpaired) electrons. The number of ether oxygens (including phenoxy) is 1. The lowest BCUT2D eigenvalue weighted by molar-refractivity contribution is -0.124. The van der Waals surface area contributed by atoms with Crippen LogP contribution < -0.4 is 9.64 Å². The Morgan fingerprint density at radius 2 is 1.80 bits per heavy atom. The van der Waals surface area contributed by atoms with Crippen LogP contribution in [0.2, 0.25) is 0 Å². The van der Waals surface area contributed by atoms with Crippen LogP contribution in [0.15, 0.2) is 48.7 Å². The molecule has 2 aromatic carbocycles. The van der Waals surface area contributed by atoms with Crippen molar-refractivity contribution >= 4 is 22.9 Å². The highest BCUT2D eigenvalue weighted by Crippen LogP contribution is 2.38. The van der Waals surface area contributed by atoms with E-state index in [0.29, 0.717) is 24.7 Å². The summed E-state index contributed by atoms with van der Waals surface area (Å²) in [5, 5.41) is 10.8. The lowest BCUT2D eigenvalue weighted by Crippen LogP contribution is -2.41. The van der Waals surface area contributed by atoms with Gasteiger partial charge >= 0.3 is 0 Å². The van der Waals surface area contributed by atoms with E-state index in [9.17, 15) is 9.90 Å². The van der Waals surface area contributed by atoms with Crippen LogP contribution in [0.4, 0.5) is 5.69 Å². The Bertz CT molecular complexity index is 1370. The number of carbonyl (C=O) groups is 1. The molecule has 2 saturated carbocycles. The fraction of sp³-hybridized carbons (Fsp3) is 0.471. The Balaban J connectivity index is 1.32. The smallest absolute Gasteiger partial charge is 0.230 e. The summed E-state index contributed by atoms with van der Waals surface area (Å²) in [5.41, 5.74) is 4.39. The number of aromatic nitrogens is 1. The van der Waals surface area contributed by atoms with Gasteiger partial charge in [-0.2, -0.15) is 0 Å². The third-order valence-corrected chi connectivity index (χ3v) is 9.41. The molecule has 0 spiro atoms. The lowest BCUT2D eigenvalue weighted by atomic mass is 9.78. The highest BCUT2D eigenvalue weighted by molar-refractivity contribution is 7.12. The Morgan fingerprint density at radius 1 is 1.02 bits per heavy atom. The zero-order valence-electron chi connectivity index (χ0n) is 23.9. The van der Waals surface area contributed by atoms with Crippen molar-refractivity contribution in [2.45, 2.75) is 77.2 Å². The molecule has 6 heteroatoms. The normalized spacial score (nSPS) is 22.7. The van der Waals surface area contributed by atoms with Crippen LogP contribution in [-0.2, 0) is 4.79 Å². The molecule has 0 bridgehead atoms. The van der Waals surface area contributed by atoms with E-state index in [1.807, 2.05) is 36.2 Å². The van der Waals surface area contributed by atoms with Crippen molar-refractivity contribution in [1.29, 1.82) is 0 Å². The van der Waals surface area contributed by atoms with Crippen LogP contribution in [0, 0.1) is 37.5 Å². The third-order valence-electron chi connectivity index (χ3n) is 8.58. The van der Waals surface area contributed by atoms with E-state index in [4.69, 9.17) is 4.74 Å². The molecule has 2 aliphatic rings. The average Bonchev–Trinajstić information content (AvgIpc) is 3.40. The van der Waals surface area contributed by atoms with Gasteiger partial charge in [-0.05, 0) is 118 Å². The molecule has 40 heavy (non-hydrogen) atoms. The van der Waals surface area contributed by atoms with E-state index in [1.165, 1.54) is 11.1 Å². The van der Waals surface area contributed by atoms with E-state index >= 15 is 0 Å². The second-order valence-electron chi connectivity index (χ2n) is 11.5. The van der Waals surface area contributed by atoms with E-state index in [-0.39, 0.29) is 17.9 Å². The fourth-order valence-electron chi connectivity index (χ4n) is 6.25. The number of methoxy groups -OCH3 is 1. The molecule has 210 valence electrons. The molecule has 5 rings (SSSR count). The van der Waals surface area contributed by atoms with Gasteiger partial charge in [-0.3, -0.25) is 4.79 Å².